The van der Waals surface area contributed by atoms with E-state index < -0.39 is 0 Å². The molecule has 108 valence electrons. The molecule has 2 N–H and O–H groups in total. The minimum atomic E-state index is -0.0456. The molecule has 0 radical (unpaired) electrons. The van der Waals surface area contributed by atoms with Crippen LogP contribution in [0.1, 0.15) is 32.2 Å². The number of nitrogens with one attached hydrogen (secondary N) is 1. The van der Waals surface area contributed by atoms with Gasteiger partial charge in [-0.2, -0.15) is 5.10 Å². The number of carbonyl (C=O) groups excluding carboxylic acids is 1. The predicted molar refractivity (Wildman–Crippen MR) is 78.8 cm³/mol. The first-order valence-corrected chi connectivity index (χ1v) is 7.39. The SMILES string of the molecule is Cc1ccc(CN(CCCO)C(=O)c2cn[nH]c2C)s1. The number of aliphatic hydroxyl groups excluding tert-OH is 1. The molecule has 0 aliphatic carbocycles. The van der Waals surface area contributed by atoms with Crippen molar-refractivity contribution in [2.75, 3.05) is 13.2 Å². The maximum Gasteiger partial charge on any atom is 0.257 e. The molecule has 0 spiro atoms. The van der Waals surface area contributed by atoms with Crippen LogP contribution in [0.3, 0.4) is 0 Å². The summed E-state index contributed by atoms with van der Waals surface area (Å²) < 4.78 is 0. The van der Waals surface area contributed by atoms with Gasteiger partial charge in [-0.05, 0) is 32.4 Å². The molecule has 2 aromatic heterocycles. The lowest BCUT2D eigenvalue weighted by Gasteiger charge is -2.21. The fraction of sp³-hybridized carbons (Fsp3) is 0.429. The smallest absolute Gasteiger partial charge is 0.257 e. The number of hydrogen-bond donors (Lipinski definition) is 2. The number of aryl methyl sites for hydroxylation is 2. The first-order chi connectivity index (χ1) is 9.61. The summed E-state index contributed by atoms with van der Waals surface area (Å²) >= 11 is 1.69. The molecular weight excluding hydrogens is 274 g/mol. The molecule has 0 saturated carbocycles. The van der Waals surface area contributed by atoms with Crippen molar-refractivity contribution in [2.24, 2.45) is 0 Å². The Balaban J connectivity index is 2.14. The molecule has 5 nitrogen and oxygen atoms in total. The topological polar surface area (TPSA) is 69.2 Å². The second-order valence-corrected chi connectivity index (χ2v) is 6.10. The highest BCUT2D eigenvalue weighted by atomic mass is 32.1. The molecule has 1 amide bonds. The fourth-order valence-electron chi connectivity index (χ4n) is 2.01. The third-order valence-corrected chi connectivity index (χ3v) is 4.06. The van der Waals surface area contributed by atoms with Crippen LogP contribution < -0.4 is 0 Å². The van der Waals surface area contributed by atoms with Gasteiger partial charge in [0.15, 0.2) is 0 Å². The molecule has 20 heavy (non-hydrogen) atoms. The number of aliphatic hydroxyl groups is 1. The van der Waals surface area contributed by atoms with Crippen LogP contribution in [0.15, 0.2) is 18.3 Å². The molecular formula is C14H19N3O2S. The first-order valence-electron chi connectivity index (χ1n) is 6.57. The summed E-state index contributed by atoms with van der Waals surface area (Å²) in [4.78, 5) is 16.7. The van der Waals surface area contributed by atoms with E-state index in [0.717, 1.165) is 10.6 Å². The van der Waals surface area contributed by atoms with Gasteiger partial charge in [0.2, 0.25) is 0 Å². The molecule has 0 fully saturated rings. The Morgan fingerprint density at radius 2 is 2.25 bits per heavy atom. The van der Waals surface area contributed by atoms with E-state index in [1.54, 1.807) is 22.4 Å². The number of H-pyrrole nitrogens is 1. The summed E-state index contributed by atoms with van der Waals surface area (Å²) in [7, 11) is 0. The second kappa shape index (κ2) is 6.67. The van der Waals surface area contributed by atoms with Gasteiger partial charge in [0.05, 0.1) is 18.3 Å². The van der Waals surface area contributed by atoms with E-state index in [4.69, 9.17) is 5.11 Å². The number of aromatic amines is 1. The largest absolute Gasteiger partial charge is 0.396 e. The normalized spacial score (nSPS) is 10.8. The molecule has 2 heterocycles. The maximum absolute atomic E-state index is 12.5. The zero-order valence-electron chi connectivity index (χ0n) is 11.7. The van der Waals surface area contributed by atoms with Gasteiger partial charge in [-0.25, -0.2) is 0 Å². The molecule has 0 aliphatic rings. The third kappa shape index (κ3) is 3.46. The van der Waals surface area contributed by atoms with Gasteiger partial charge >= 0.3 is 0 Å². The van der Waals surface area contributed by atoms with E-state index in [0.29, 0.717) is 25.1 Å². The number of rotatable bonds is 6. The number of aromatic nitrogens is 2. The second-order valence-electron chi connectivity index (χ2n) is 4.72. The van der Waals surface area contributed by atoms with Crippen LogP contribution in [0.5, 0.6) is 0 Å². The van der Waals surface area contributed by atoms with Crippen LogP contribution in [0, 0.1) is 13.8 Å². The van der Waals surface area contributed by atoms with Crippen molar-refractivity contribution in [3.05, 3.63) is 39.3 Å². The van der Waals surface area contributed by atoms with E-state index in [2.05, 4.69) is 16.3 Å². The quantitative estimate of drug-likeness (QED) is 0.857. The Kier molecular flexibility index (Phi) is 4.92. The van der Waals surface area contributed by atoms with Crippen LogP contribution >= 0.6 is 11.3 Å². The van der Waals surface area contributed by atoms with Crippen molar-refractivity contribution in [1.82, 2.24) is 15.1 Å². The van der Waals surface area contributed by atoms with Crippen molar-refractivity contribution in [3.8, 4) is 0 Å². The van der Waals surface area contributed by atoms with Crippen LogP contribution in [0.25, 0.3) is 0 Å². The predicted octanol–water partition coefficient (Wildman–Crippen LogP) is 2.11. The van der Waals surface area contributed by atoms with Crippen LogP contribution in [-0.2, 0) is 6.54 Å². The molecule has 2 rings (SSSR count). The van der Waals surface area contributed by atoms with Gasteiger partial charge in [0.25, 0.3) is 5.91 Å². The zero-order chi connectivity index (χ0) is 14.5. The van der Waals surface area contributed by atoms with E-state index in [-0.39, 0.29) is 12.5 Å². The van der Waals surface area contributed by atoms with Crippen molar-refractivity contribution in [1.29, 1.82) is 0 Å². The average Bonchev–Trinajstić information content (AvgIpc) is 3.02. The summed E-state index contributed by atoms with van der Waals surface area (Å²) in [5.74, 6) is -0.0456. The summed E-state index contributed by atoms with van der Waals surface area (Å²) in [5.41, 5.74) is 1.36. The summed E-state index contributed by atoms with van der Waals surface area (Å²) in [6.45, 7) is 5.07. The fourth-order valence-corrected chi connectivity index (χ4v) is 2.91. The Bertz CT molecular complexity index is 576. The van der Waals surface area contributed by atoms with E-state index in [1.165, 1.54) is 4.88 Å². The van der Waals surface area contributed by atoms with Gasteiger partial charge in [0.1, 0.15) is 0 Å². The van der Waals surface area contributed by atoms with Crippen LogP contribution in [0.2, 0.25) is 0 Å². The highest BCUT2D eigenvalue weighted by Gasteiger charge is 2.19. The van der Waals surface area contributed by atoms with Crippen molar-refractivity contribution in [2.45, 2.75) is 26.8 Å². The minimum Gasteiger partial charge on any atom is -0.396 e. The summed E-state index contributed by atoms with van der Waals surface area (Å²) in [5, 5.41) is 15.7. The average molecular weight is 293 g/mol. The van der Waals surface area contributed by atoms with Crippen molar-refractivity contribution >= 4 is 17.2 Å². The standard InChI is InChI=1S/C14H19N3O2S/c1-10-4-5-12(20-10)9-17(6-3-7-18)14(19)13-8-15-16-11(13)2/h4-5,8,18H,3,6-7,9H2,1-2H3,(H,15,16). The van der Waals surface area contributed by atoms with Gasteiger partial charge in [-0.15, -0.1) is 11.3 Å². The molecule has 2 aromatic rings. The van der Waals surface area contributed by atoms with Gasteiger partial charge < -0.3 is 10.0 Å². The Morgan fingerprint density at radius 3 is 2.80 bits per heavy atom. The molecule has 0 aromatic carbocycles. The van der Waals surface area contributed by atoms with E-state index in [1.807, 2.05) is 19.9 Å². The monoisotopic (exact) mass is 293 g/mol. The van der Waals surface area contributed by atoms with Crippen LogP contribution in [-0.4, -0.2) is 39.3 Å². The molecule has 0 bridgehead atoms. The molecule has 0 aliphatic heterocycles. The highest BCUT2D eigenvalue weighted by molar-refractivity contribution is 7.11. The molecule has 0 saturated heterocycles. The number of nitrogens with zero attached hydrogens (tertiary/aromatic N) is 2. The van der Waals surface area contributed by atoms with E-state index in [9.17, 15) is 4.79 Å². The summed E-state index contributed by atoms with van der Waals surface area (Å²) in [6.07, 6.45) is 2.14. The lowest BCUT2D eigenvalue weighted by atomic mass is 10.2. The van der Waals surface area contributed by atoms with Crippen molar-refractivity contribution < 1.29 is 9.90 Å². The highest BCUT2D eigenvalue weighted by Crippen LogP contribution is 2.19. The first kappa shape index (κ1) is 14.7. The lowest BCUT2D eigenvalue weighted by Crippen LogP contribution is -2.32. The van der Waals surface area contributed by atoms with Gasteiger partial charge in [-0.3, -0.25) is 9.89 Å². The van der Waals surface area contributed by atoms with Gasteiger partial charge in [-0.1, -0.05) is 0 Å². The molecule has 0 atom stereocenters. The number of thiophene rings is 1. The van der Waals surface area contributed by atoms with Crippen molar-refractivity contribution in [3.63, 3.8) is 0 Å². The summed E-state index contributed by atoms with van der Waals surface area (Å²) in [6, 6.07) is 4.10. The Hall–Kier alpha value is -1.66. The maximum atomic E-state index is 12.5. The Labute approximate surface area is 122 Å². The zero-order valence-corrected chi connectivity index (χ0v) is 12.5. The lowest BCUT2D eigenvalue weighted by molar-refractivity contribution is 0.0733. The van der Waals surface area contributed by atoms with E-state index >= 15 is 0 Å². The number of amides is 1. The minimum absolute atomic E-state index is 0.0456. The number of hydrogen-bond acceptors (Lipinski definition) is 4. The third-order valence-electron chi connectivity index (χ3n) is 3.08. The van der Waals surface area contributed by atoms with Gasteiger partial charge in [0, 0.05) is 28.6 Å². The number of carbonyl (C=O) groups is 1. The van der Waals surface area contributed by atoms with Crippen LogP contribution in [0.4, 0.5) is 0 Å². The molecule has 0 unspecified atom stereocenters. The Morgan fingerprint density at radius 1 is 1.45 bits per heavy atom. The molecule has 6 heteroatoms.